The van der Waals surface area contributed by atoms with E-state index in [2.05, 4.69) is 73.9 Å². The molecule has 2 aromatic heterocycles. The molecule has 1 aromatic carbocycles. The first kappa shape index (κ1) is 25.8. The molecule has 3 atom stereocenters. The maximum atomic E-state index is 9.07. The van der Waals surface area contributed by atoms with Crippen LogP contribution in [0.4, 0.5) is 23.3 Å². The zero-order chi connectivity index (χ0) is 26.9. The van der Waals surface area contributed by atoms with E-state index in [9.17, 15) is 0 Å². The predicted molar refractivity (Wildman–Crippen MR) is 155 cm³/mol. The van der Waals surface area contributed by atoms with Gasteiger partial charge in [-0.3, -0.25) is 10.00 Å². The Balaban J connectivity index is 1.26. The minimum absolute atomic E-state index is 0.326. The Hall–Kier alpha value is -3.42. The third-order valence-corrected chi connectivity index (χ3v) is 8.89. The lowest BCUT2D eigenvalue weighted by atomic mass is 9.97. The molecule has 3 aliphatic heterocycles. The quantitative estimate of drug-likeness (QED) is 0.395. The van der Waals surface area contributed by atoms with Crippen molar-refractivity contribution in [1.82, 2.24) is 30.0 Å². The number of fused-ring (bicyclic) bond motifs is 3. The zero-order valence-corrected chi connectivity index (χ0v) is 23.3. The third kappa shape index (κ3) is 5.52. The summed E-state index contributed by atoms with van der Waals surface area (Å²) in [5.41, 5.74) is 3.15. The lowest BCUT2D eigenvalue weighted by Crippen LogP contribution is -2.47. The molecule has 5 heterocycles. The van der Waals surface area contributed by atoms with Gasteiger partial charge in [-0.2, -0.15) is 15.3 Å². The number of hydrogen-bond acceptors (Lipinski definition) is 9. The second kappa shape index (κ2) is 11.0. The average molecular weight is 529 g/mol. The van der Waals surface area contributed by atoms with Crippen LogP contribution in [0.25, 0.3) is 10.9 Å². The minimum Gasteiger partial charge on any atom is -0.371 e. The van der Waals surface area contributed by atoms with Crippen LogP contribution < -0.4 is 15.5 Å². The molecule has 0 aliphatic carbocycles. The molecule has 3 N–H and O–H groups in total. The summed E-state index contributed by atoms with van der Waals surface area (Å²) in [6.45, 7) is 4.98. The highest BCUT2D eigenvalue weighted by atomic mass is 15.3. The largest absolute Gasteiger partial charge is 0.371 e. The lowest BCUT2D eigenvalue weighted by molar-refractivity contribution is 0.135. The van der Waals surface area contributed by atoms with Gasteiger partial charge >= 0.3 is 0 Å². The van der Waals surface area contributed by atoms with Crippen molar-refractivity contribution in [2.24, 2.45) is 0 Å². The summed E-state index contributed by atoms with van der Waals surface area (Å²) in [5.74, 6) is 2.18. The molecule has 0 saturated carbocycles. The van der Waals surface area contributed by atoms with Crippen LogP contribution in [0.5, 0.6) is 0 Å². The number of aryl methyl sites for hydroxylation is 1. The van der Waals surface area contributed by atoms with Gasteiger partial charge in [-0.15, -0.1) is 0 Å². The Morgan fingerprint density at radius 3 is 2.51 bits per heavy atom. The zero-order valence-electron chi connectivity index (χ0n) is 23.3. The summed E-state index contributed by atoms with van der Waals surface area (Å²) >= 11 is 0. The number of rotatable bonds is 8. The summed E-state index contributed by atoms with van der Waals surface area (Å²) in [6, 6.07) is 12.9. The van der Waals surface area contributed by atoms with E-state index in [1.54, 1.807) is 0 Å². The van der Waals surface area contributed by atoms with Gasteiger partial charge in [0.15, 0.2) is 5.82 Å². The van der Waals surface area contributed by atoms with Gasteiger partial charge in [-0.05, 0) is 77.7 Å². The highest BCUT2D eigenvalue weighted by molar-refractivity contribution is 5.93. The van der Waals surface area contributed by atoms with Crippen LogP contribution in [0.2, 0.25) is 0 Å². The van der Waals surface area contributed by atoms with Gasteiger partial charge in [-0.25, -0.2) is 4.98 Å². The maximum absolute atomic E-state index is 9.07. The van der Waals surface area contributed by atoms with E-state index < -0.39 is 0 Å². The maximum Gasteiger partial charge on any atom is 0.225 e. The normalized spacial score (nSPS) is 23.9. The number of nitrogens with one attached hydrogen (secondary N) is 3. The number of nitrogens with zero attached hydrogens (tertiary/aromatic N) is 7. The van der Waals surface area contributed by atoms with Gasteiger partial charge in [-0.1, -0.05) is 0 Å². The Labute approximate surface area is 230 Å². The number of hydrogen-bond donors (Lipinski definition) is 3. The molecule has 3 aliphatic rings. The molecule has 206 valence electrons. The molecular weight excluding hydrogens is 488 g/mol. The van der Waals surface area contributed by atoms with Crippen molar-refractivity contribution in [2.45, 2.75) is 76.0 Å². The molecule has 6 rings (SSSR count). The number of nitriles is 1. The predicted octanol–water partition coefficient (Wildman–Crippen LogP) is 4.26. The SMILES string of the molecule is Cc1cc(Nc2nc(NC3C[C@H]4CC[C@@H](C3)N4CCC#N)nc3cc(N4CCC(N(C)C)CC4)ccc23)n[nH]1. The van der Waals surface area contributed by atoms with Crippen molar-refractivity contribution in [2.75, 3.05) is 49.3 Å². The molecular formula is C29H40N10. The van der Waals surface area contributed by atoms with Crippen LogP contribution in [0.15, 0.2) is 24.3 Å². The number of aromatic nitrogens is 4. The molecule has 0 radical (unpaired) electrons. The van der Waals surface area contributed by atoms with Crippen LogP contribution in [-0.2, 0) is 0 Å². The standard InChI is InChI=1S/C29H40N10/c1-19-15-27(36-35-19)33-28-25-8-7-22(38-13-9-21(10-14-38)37(2)3)18-26(25)32-29(34-28)31-20-16-23-5-6-24(17-20)39(23)12-4-11-30/h7-8,15,18,20-21,23-24H,4-6,9-10,12-14,16-17H2,1-3H3,(H3,31,32,33,34,35,36)/t20?,23-,24+. The van der Waals surface area contributed by atoms with Gasteiger partial charge in [0.2, 0.25) is 5.95 Å². The fourth-order valence-corrected chi connectivity index (χ4v) is 6.84. The Morgan fingerprint density at radius 2 is 1.85 bits per heavy atom. The van der Waals surface area contributed by atoms with E-state index in [1.165, 1.54) is 31.4 Å². The first-order chi connectivity index (χ1) is 19.0. The first-order valence-electron chi connectivity index (χ1n) is 14.4. The summed E-state index contributed by atoms with van der Waals surface area (Å²) in [6.07, 6.45) is 7.50. The molecule has 10 nitrogen and oxygen atoms in total. The molecule has 0 spiro atoms. The number of benzene rings is 1. The summed E-state index contributed by atoms with van der Waals surface area (Å²) in [4.78, 5) is 17.4. The van der Waals surface area contributed by atoms with Crippen LogP contribution in [0, 0.1) is 18.3 Å². The van der Waals surface area contributed by atoms with Crippen molar-refractivity contribution in [3.05, 3.63) is 30.0 Å². The van der Waals surface area contributed by atoms with E-state index in [4.69, 9.17) is 15.2 Å². The van der Waals surface area contributed by atoms with Crippen molar-refractivity contribution in [1.29, 1.82) is 5.26 Å². The topological polar surface area (TPSA) is 112 Å². The van der Waals surface area contributed by atoms with E-state index >= 15 is 0 Å². The van der Waals surface area contributed by atoms with Crippen molar-refractivity contribution in [3.8, 4) is 6.07 Å². The minimum atomic E-state index is 0.326. The monoisotopic (exact) mass is 528 g/mol. The molecule has 0 amide bonds. The fraction of sp³-hybridized carbons (Fsp3) is 0.586. The van der Waals surface area contributed by atoms with E-state index in [0.717, 1.165) is 60.7 Å². The summed E-state index contributed by atoms with van der Waals surface area (Å²) in [5, 5.41) is 24.6. The van der Waals surface area contributed by atoms with Gasteiger partial charge in [0, 0.05) is 73.1 Å². The number of H-pyrrole nitrogens is 1. The van der Waals surface area contributed by atoms with Crippen molar-refractivity contribution >= 4 is 34.2 Å². The Morgan fingerprint density at radius 1 is 1.08 bits per heavy atom. The third-order valence-electron chi connectivity index (χ3n) is 8.89. The summed E-state index contributed by atoms with van der Waals surface area (Å²) < 4.78 is 0. The second-order valence-electron chi connectivity index (χ2n) is 11.7. The number of aromatic amines is 1. The van der Waals surface area contributed by atoms with E-state index in [1.807, 2.05) is 13.0 Å². The van der Waals surface area contributed by atoms with E-state index in [0.29, 0.717) is 36.5 Å². The molecule has 2 bridgehead atoms. The van der Waals surface area contributed by atoms with Crippen LogP contribution in [0.3, 0.4) is 0 Å². The summed E-state index contributed by atoms with van der Waals surface area (Å²) in [7, 11) is 4.36. The molecule has 1 unspecified atom stereocenters. The van der Waals surface area contributed by atoms with Gasteiger partial charge in [0.1, 0.15) is 5.82 Å². The van der Waals surface area contributed by atoms with E-state index in [-0.39, 0.29) is 0 Å². The van der Waals surface area contributed by atoms with Gasteiger partial charge in [0.05, 0.1) is 11.6 Å². The average Bonchev–Trinajstić information content (AvgIpc) is 3.45. The molecule has 3 fully saturated rings. The van der Waals surface area contributed by atoms with Crippen molar-refractivity contribution in [3.63, 3.8) is 0 Å². The lowest BCUT2D eigenvalue weighted by Gasteiger charge is -2.38. The highest BCUT2D eigenvalue weighted by Gasteiger charge is 2.40. The first-order valence-corrected chi connectivity index (χ1v) is 14.4. The molecule has 10 heteroatoms. The van der Waals surface area contributed by atoms with Crippen LogP contribution >= 0.6 is 0 Å². The van der Waals surface area contributed by atoms with Gasteiger partial charge in [0.25, 0.3) is 0 Å². The molecule has 39 heavy (non-hydrogen) atoms. The number of piperidine rings is 2. The number of anilines is 4. The fourth-order valence-electron chi connectivity index (χ4n) is 6.84. The second-order valence-corrected chi connectivity index (χ2v) is 11.7. The molecule has 3 aromatic rings. The van der Waals surface area contributed by atoms with Crippen LogP contribution in [-0.4, -0.2) is 87.9 Å². The van der Waals surface area contributed by atoms with Crippen LogP contribution in [0.1, 0.15) is 50.6 Å². The van der Waals surface area contributed by atoms with Crippen molar-refractivity contribution < 1.29 is 0 Å². The van der Waals surface area contributed by atoms with Gasteiger partial charge < -0.3 is 20.4 Å². The smallest absolute Gasteiger partial charge is 0.225 e. The highest BCUT2D eigenvalue weighted by Crippen LogP contribution is 2.37. The Kier molecular flexibility index (Phi) is 7.28. The molecule has 3 saturated heterocycles. The Bertz CT molecular complexity index is 1320.